The predicted molar refractivity (Wildman–Crippen MR) is 115 cm³/mol. The molecule has 1 aromatic carbocycles. The zero-order chi connectivity index (χ0) is 19.3. The Morgan fingerprint density at radius 3 is 2.54 bits per heavy atom. The number of pyridine rings is 1. The molecule has 1 fully saturated rings. The van der Waals surface area contributed by atoms with Crippen LogP contribution in [0, 0.1) is 0 Å². The molecule has 0 aliphatic heterocycles. The van der Waals surface area contributed by atoms with E-state index in [1.807, 2.05) is 25.1 Å². The molecule has 28 heavy (non-hydrogen) atoms. The Kier molecular flexibility index (Phi) is 7.68. The first kappa shape index (κ1) is 22.4. The monoisotopic (exact) mass is 504 g/mol. The summed E-state index contributed by atoms with van der Waals surface area (Å²) in [4.78, 5) is 8.76. The lowest BCUT2D eigenvalue weighted by Gasteiger charge is -2.20. The van der Waals surface area contributed by atoms with E-state index in [4.69, 9.17) is 0 Å². The van der Waals surface area contributed by atoms with Crippen LogP contribution in [-0.2, 0) is 18.1 Å². The van der Waals surface area contributed by atoms with Crippen LogP contribution >= 0.6 is 24.0 Å². The normalized spacial score (nSPS) is 15.5. The van der Waals surface area contributed by atoms with E-state index in [0.717, 1.165) is 30.2 Å². The van der Waals surface area contributed by atoms with Gasteiger partial charge in [0.05, 0.1) is 17.8 Å². The summed E-state index contributed by atoms with van der Waals surface area (Å²) in [5.74, 6) is 0.640. The van der Waals surface area contributed by atoms with Gasteiger partial charge in [0, 0.05) is 24.7 Å². The highest BCUT2D eigenvalue weighted by Gasteiger charge is 2.45. The standard InChI is InChI=1S/C20H23F3N4.HI/c1-2-24-18(26-13-17-8-3-4-11-25-17)27-14-19(9-10-19)15-6-5-7-16(12-15)20(21,22)23;/h3-8,11-12H,2,9-10,13-14H2,1H3,(H2,24,26,27);1H. The summed E-state index contributed by atoms with van der Waals surface area (Å²) in [7, 11) is 0. The van der Waals surface area contributed by atoms with Gasteiger partial charge in [-0.2, -0.15) is 13.2 Å². The zero-order valence-electron chi connectivity index (χ0n) is 15.6. The van der Waals surface area contributed by atoms with Gasteiger partial charge in [-0.1, -0.05) is 24.3 Å². The van der Waals surface area contributed by atoms with Crippen LogP contribution in [0.5, 0.6) is 0 Å². The number of halogens is 4. The van der Waals surface area contributed by atoms with Gasteiger partial charge in [-0.05, 0) is 43.5 Å². The quantitative estimate of drug-likeness (QED) is 0.346. The minimum atomic E-state index is -4.32. The summed E-state index contributed by atoms with van der Waals surface area (Å²) in [5.41, 5.74) is 0.726. The molecule has 0 atom stereocenters. The molecule has 1 aliphatic rings. The Morgan fingerprint density at radius 2 is 1.93 bits per heavy atom. The minimum Gasteiger partial charge on any atom is -0.357 e. The molecule has 4 nitrogen and oxygen atoms in total. The topological polar surface area (TPSA) is 49.3 Å². The highest BCUT2D eigenvalue weighted by molar-refractivity contribution is 14.0. The third-order valence-corrected chi connectivity index (χ3v) is 4.72. The van der Waals surface area contributed by atoms with E-state index in [2.05, 4.69) is 20.6 Å². The van der Waals surface area contributed by atoms with Gasteiger partial charge in [0.1, 0.15) is 0 Å². The second-order valence-corrected chi connectivity index (χ2v) is 6.73. The van der Waals surface area contributed by atoms with Crippen molar-refractivity contribution in [2.24, 2.45) is 4.99 Å². The average molecular weight is 504 g/mol. The average Bonchev–Trinajstić information content (AvgIpc) is 3.45. The van der Waals surface area contributed by atoms with Gasteiger partial charge in [-0.3, -0.25) is 4.98 Å². The van der Waals surface area contributed by atoms with E-state index in [0.29, 0.717) is 25.6 Å². The SMILES string of the molecule is CCNC(=NCc1ccccn1)NCC1(c2cccc(C(F)(F)F)c2)CC1.I. The third kappa shape index (κ3) is 5.83. The molecule has 2 aromatic rings. The Labute approximate surface area is 180 Å². The second kappa shape index (κ2) is 9.58. The van der Waals surface area contributed by atoms with E-state index in [1.54, 1.807) is 12.3 Å². The van der Waals surface area contributed by atoms with Crippen molar-refractivity contribution >= 4 is 29.9 Å². The van der Waals surface area contributed by atoms with Gasteiger partial charge in [-0.25, -0.2) is 4.99 Å². The molecule has 0 spiro atoms. The van der Waals surface area contributed by atoms with Gasteiger partial charge < -0.3 is 10.6 Å². The first-order valence-electron chi connectivity index (χ1n) is 9.03. The van der Waals surface area contributed by atoms with Crippen molar-refractivity contribution in [1.82, 2.24) is 15.6 Å². The summed E-state index contributed by atoms with van der Waals surface area (Å²) in [6.45, 7) is 3.65. The molecule has 1 saturated carbocycles. The van der Waals surface area contributed by atoms with Crippen LogP contribution < -0.4 is 10.6 Å². The van der Waals surface area contributed by atoms with Crippen molar-refractivity contribution in [3.8, 4) is 0 Å². The smallest absolute Gasteiger partial charge is 0.357 e. The molecule has 2 N–H and O–H groups in total. The molecule has 1 heterocycles. The largest absolute Gasteiger partial charge is 0.416 e. The van der Waals surface area contributed by atoms with Gasteiger partial charge in [0.2, 0.25) is 0 Å². The highest BCUT2D eigenvalue weighted by Crippen LogP contribution is 2.48. The lowest BCUT2D eigenvalue weighted by atomic mass is 9.94. The Bertz CT molecular complexity index is 790. The molecule has 1 aliphatic carbocycles. The lowest BCUT2D eigenvalue weighted by Crippen LogP contribution is -2.41. The lowest BCUT2D eigenvalue weighted by molar-refractivity contribution is -0.137. The van der Waals surface area contributed by atoms with Crippen LogP contribution in [0.2, 0.25) is 0 Å². The van der Waals surface area contributed by atoms with E-state index >= 15 is 0 Å². The number of aromatic nitrogens is 1. The second-order valence-electron chi connectivity index (χ2n) is 6.73. The maximum Gasteiger partial charge on any atom is 0.416 e. The number of nitrogens with zero attached hydrogens (tertiary/aromatic N) is 2. The van der Waals surface area contributed by atoms with Crippen molar-refractivity contribution in [2.45, 2.75) is 37.9 Å². The van der Waals surface area contributed by atoms with Crippen LogP contribution in [-0.4, -0.2) is 24.0 Å². The zero-order valence-corrected chi connectivity index (χ0v) is 17.9. The Balaban J connectivity index is 0.00000280. The minimum absolute atomic E-state index is 0. The first-order valence-corrected chi connectivity index (χ1v) is 9.03. The maximum atomic E-state index is 13.0. The van der Waals surface area contributed by atoms with E-state index in [9.17, 15) is 13.2 Å². The fourth-order valence-corrected chi connectivity index (χ4v) is 2.99. The number of hydrogen-bond donors (Lipinski definition) is 2. The Hall–Kier alpha value is -1.84. The van der Waals surface area contributed by atoms with Crippen LogP contribution in [0.4, 0.5) is 13.2 Å². The molecular formula is C20H24F3IN4. The summed E-state index contributed by atoms with van der Waals surface area (Å²) in [6.07, 6.45) is -0.876. The fourth-order valence-electron chi connectivity index (χ4n) is 2.99. The van der Waals surface area contributed by atoms with Gasteiger partial charge in [0.25, 0.3) is 0 Å². The summed E-state index contributed by atoms with van der Waals surface area (Å²) < 4.78 is 39.0. The van der Waals surface area contributed by atoms with E-state index < -0.39 is 11.7 Å². The van der Waals surface area contributed by atoms with Gasteiger partial charge in [-0.15, -0.1) is 24.0 Å². The van der Waals surface area contributed by atoms with Crippen molar-refractivity contribution in [3.63, 3.8) is 0 Å². The molecule has 0 radical (unpaired) electrons. The van der Waals surface area contributed by atoms with Crippen molar-refractivity contribution < 1.29 is 13.2 Å². The summed E-state index contributed by atoms with van der Waals surface area (Å²) in [5, 5.41) is 6.45. The number of rotatable bonds is 6. The van der Waals surface area contributed by atoms with Crippen LogP contribution in [0.3, 0.4) is 0 Å². The van der Waals surface area contributed by atoms with Crippen LogP contribution in [0.25, 0.3) is 0 Å². The van der Waals surface area contributed by atoms with E-state index in [-0.39, 0.29) is 29.4 Å². The summed E-state index contributed by atoms with van der Waals surface area (Å²) in [6, 6.07) is 11.3. The summed E-state index contributed by atoms with van der Waals surface area (Å²) >= 11 is 0. The highest BCUT2D eigenvalue weighted by atomic mass is 127. The molecular weight excluding hydrogens is 480 g/mol. The van der Waals surface area contributed by atoms with E-state index in [1.165, 1.54) is 12.1 Å². The van der Waals surface area contributed by atoms with Crippen molar-refractivity contribution in [3.05, 3.63) is 65.5 Å². The molecule has 8 heteroatoms. The molecule has 0 saturated heterocycles. The van der Waals surface area contributed by atoms with Gasteiger partial charge >= 0.3 is 6.18 Å². The number of nitrogens with one attached hydrogen (secondary N) is 2. The first-order chi connectivity index (χ1) is 12.9. The molecule has 3 rings (SSSR count). The molecule has 0 bridgehead atoms. The molecule has 1 aromatic heterocycles. The van der Waals surface area contributed by atoms with Gasteiger partial charge in [0.15, 0.2) is 5.96 Å². The maximum absolute atomic E-state index is 13.0. The number of aliphatic imine (C=N–C) groups is 1. The van der Waals surface area contributed by atoms with Crippen molar-refractivity contribution in [1.29, 1.82) is 0 Å². The third-order valence-electron chi connectivity index (χ3n) is 4.72. The van der Waals surface area contributed by atoms with Crippen molar-refractivity contribution in [2.75, 3.05) is 13.1 Å². The Morgan fingerprint density at radius 1 is 1.14 bits per heavy atom. The molecule has 0 unspecified atom stereocenters. The number of hydrogen-bond acceptors (Lipinski definition) is 2. The number of guanidine groups is 1. The predicted octanol–water partition coefficient (Wildman–Crippen LogP) is 4.51. The number of benzene rings is 1. The molecule has 152 valence electrons. The van der Waals surface area contributed by atoms with Crippen LogP contribution in [0.15, 0.2) is 53.7 Å². The van der Waals surface area contributed by atoms with Crippen LogP contribution in [0.1, 0.15) is 36.6 Å². The number of alkyl halides is 3. The molecule has 0 amide bonds. The fraction of sp³-hybridized carbons (Fsp3) is 0.400.